The highest BCUT2D eigenvalue weighted by Gasteiger charge is 2.13. The molecule has 2 aromatic rings. The van der Waals surface area contributed by atoms with Gasteiger partial charge in [0, 0.05) is 0 Å². The summed E-state index contributed by atoms with van der Waals surface area (Å²) in [6.45, 7) is 1.80. The van der Waals surface area contributed by atoms with Gasteiger partial charge in [0.1, 0.15) is 18.9 Å². The van der Waals surface area contributed by atoms with Gasteiger partial charge in [-0.3, -0.25) is 9.36 Å². The van der Waals surface area contributed by atoms with Crippen LogP contribution in [0, 0.1) is 11.3 Å². The summed E-state index contributed by atoms with van der Waals surface area (Å²) in [5, 5.41) is 19.7. The van der Waals surface area contributed by atoms with E-state index < -0.39 is 0 Å². The molecule has 2 rings (SSSR count). The highest BCUT2D eigenvalue weighted by molar-refractivity contribution is 6.42. The summed E-state index contributed by atoms with van der Waals surface area (Å²) in [4.78, 5) is 12.0. The lowest BCUT2D eigenvalue weighted by atomic mass is 10.1. The fraction of sp³-hybridized carbons (Fsp3) is 0.231. The van der Waals surface area contributed by atoms with E-state index in [1.54, 1.807) is 18.2 Å². The van der Waals surface area contributed by atoms with Crippen LogP contribution in [0.25, 0.3) is 0 Å². The highest BCUT2D eigenvalue weighted by atomic mass is 35.5. The van der Waals surface area contributed by atoms with Gasteiger partial charge in [-0.2, -0.15) is 5.26 Å². The topological polar surface area (TPSA) is 83.6 Å². The number of rotatable bonds is 4. The Bertz CT molecular complexity index is 707. The molecule has 21 heavy (non-hydrogen) atoms. The minimum Gasteiger partial charge on any atom is -0.348 e. The quantitative estimate of drug-likeness (QED) is 0.935. The lowest BCUT2D eigenvalue weighted by molar-refractivity contribution is -0.122. The zero-order chi connectivity index (χ0) is 15.4. The third kappa shape index (κ3) is 3.72. The van der Waals surface area contributed by atoms with Gasteiger partial charge in [-0.25, -0.2) is 0 Å². The van der Waals surface area contributed by atoms with E-state index in [0.29, 0.717) is 10.0 Å². The first kappa shape index (κ1) is 15.3. The molecule has 0 fully saturated rings. The number of nitrogens with one attached hydrogen (secondary N) is 1. The first-order chi connectivity index (χ1) is 10.0. The number of halogens is 2. The molecule has 0 bridgehead atoms. The fourth-order valence-corrected chi connectivity index (χ4v) is 2.07. The Hall–Kier alpha value is -2.10. The number of aromatic nitrogens is 3. The third-order valence-corrected chi connectivity index (χ3v) is 3.59. The van der Waals surface area contributed by atoms with Crippen LogP contribution in [0.3, 0.4) is 0 Å². The van der Waals surface area contributed by atoms with Gasteiger partial charge in [0.2, 0.25) is 11.7 Å². The van der Waals surface area contributed by atoms with E-state index in [-0.39, 0.29) is 24.3 Å². The van der Waals surface area contributed by atoms with Crippen molar-refractivity contribution in [3.05, 3.63) is 46.0 Å². The number of benzene rings is 1. The molecule has 0 aliphatic rings. The van der Waals surface area contributed by atoms with Crippen LogP contribution in [0.2, 0.25) is 10.0 Å². The SMILES string of the molecule is CC(NC(=O)Cn1cnnc1C#N)c1ccc(Cl)c(Cl)c1. The molecule has 0 spiro atoms. The van der Waals surface area contributed by atoms with Gasteiger partial charge >= 0.3 is 0 Å². The highest BCUT2D eigenvalue weighted by Crippen LogP contribution is 2.25. The maximum Gasteiger partial charge on any atom is 0.240 e. The van der Waals surface area contributed by atoms with Gasteiger partial charge in [0.25, 0.3) is 0 Å². The van der Waals surface area contributed by atoms with Crippen LogP contribution in [0.4, 0.5) is 0 Å². The maximum absolute atomic E-state index is 12.0. The van der Waals surface area contributed by atoms with Crippen molar-refractivity contribution >= 4 is 29.1 Å². The average Bonchev–Trinajstić information content (AvgIpc) is 2.88. The van der Waals surface area contributed by atoms with Gasteiger partial charge in [-0.1, -0.05) is 29.3 Å². The molecular weight excluding hydrogens is 313 g/mol. The lowest BCUT2D eigenvalue weighted by Gasteiger charge is -2.15. The van der Waals surface area contributed by atoms with Crippen molar-refractivity contribution in [1.29, 1.82) is 5.26 Å². The van der Waals surface area contributed by atoms with Crippen LogP contribution in [0.15, 0.2) is 24.5 Å². The summed E-state index contributed by atoms with van der Waals surface area (Å²) in [5.41, 5.74) is 0.835. The number of nitrogens with zero attached hydrogens (tertiary/aromatic N) is 4. The number of carbonyl (C=O) groups is 1. The van der Waals surface area contributed by atoms with Crippen LogP contribution in [-0.2, 0) is 11.3 Å². The van der Waals surface area contributed by atoms with Gasteiger partial charge in [-0.05, 0) is 24.6 Å². The second-order valence-electron chi connectivity index (χ2n) is 4.36. The summed E-state index contributed by atoms with van der Waals surface area (Å²) in [6, 6.07) is 6.78. The molecule has 0 aliphatic carbocycles. The van der Waals surface area contributed by atoms with Crippen molar-refractivity contribution in [1.82, 2.24) is 20.1 Å². The second kappa shape index (κ2) is 6.57. The molecule has 6 nitrogen and oxygen atoms in total. The monoisotopic (exact) mass is 323 g/mol. The first-order valence-corrected chi connectivity index (χ1v) is 6.79. The van der Waals surface area contributed by atoms with E-state index in [2.05, 4.69) is 15.5 Å². The zero-order valence-electron chi connectivity index (χ0n) is 11.0. The molecule has 1 atom stereocenters. The first-order valence-electron chi connectivity index (χ1n) is 6.03. The molecule has 0 aliphatic heterocycles. The van der Waals surface area contributed by atoms with Crippen molar-refractivity contribution in [3.8, 4) is 6.07 Å². The van der Waals surface area contributed by atoms with E-state index in [4.69, 9.17) is 28.5 Å². The van der Waals surface area contributed by atoms with Crippen molar-refractivity contribution in [3.63, 3.8) is 0 Å². The molecule has 8 heteroatoms. The summed E-state index contributed by atoms with van der Waals surface area (Å²) in [5.74, 6) is -0.169. The summed E-state index contributed by atoms with van der Waals surface area (Å²) in [7, 11) is 0. The Balaban J connectivity index is 2.02. The minimum atomic E-state index is -0.259. The van der Waals surface area contributed by atoms with Gasteiger partial charge in [0.05, 0.1) is 16.1 Å². The Labute approximate surface area is 131 Å². The maximum atomic E-state index is 12.0. The van der Waals surface area contributed by atoms with Crippen molar-refractivity contribution in [2.24, 2.45) is 0 Å². The summed E-state index contributed by atoms with van der Waals surface area (Å²) in [6.07, 6.45) is 1.34. The Kier molecular flexibility index (Phi) is 4.78. The van der Waals surface area contributed by atoms with Gasteiger partial charge in [-0.15, -0.1) is 10.2 Å². The third-order valence-electron chi connectivity index (χ3n) is 2.85. The molecule has 0 saturated carbocycles. The van der Waals surface area contributed by atoms with Crippen molar-refractivity contribution < 1.29 is 4.79 Å². The predicted molar refractivity (Wildman–Crippen MR) is 77.8 cm³/mol. The molecule has 1 aromatic carbocycles. The lowest BCUT2D eigenvalue weighted by Crippen LogP contribution is -2.30. The average molecular weight is 324 g/mol. The smallest absolute Gasteiger partial charge is 0.240 e. The molecule has 1 aromatic heterocycles. The molecule has 108 valence electrons. The van der Waals surface area contributed by atoms with Crippen molar-refractivity contribution in [2.45, 2.75) is 19.5 Å². The number of amides is 1. The normalized spacial score (nSPS) is 11.7. The van der Waals surface area contributed by atoms with Crippen LogP contribution < -0.4 is 5.32 Å². The number of hydrogen-bond acceptors (Lipinski definition) is 4. The predicted octanol–water partition coefficient (Wildman–Crippen LogP) is 2.33. The molecule has 0 saturated heterocycles. The van der Waals surface area contributed by atoms with E-state index in [9.17, 15) is 4.79 Å². The minimum absolute atomic E-state index is 0.0262. The van der Waals surface area contributed by atoms with Crippen molar-refractivity contribution in [2.75, 3.05) is 0 Å². The number of nitriles is 1. The summed E-state index contributed by atoms with van der Waals surface area (Å²) < 4.78 is 1.37. The van der Waals surface area contributed by atoms with Crippen LogP contribution in [0.5, 0.6) is 0 Å². The number of hydrogen-bond donors (Lipinski definition) is 1. The molecule has 0 radical (unpaired) electrons. The largest absolute Gasteiger partial charge is 0.348 e. The Morgan fingerprint density at radius 2 is 2.24 bits per heavy atom. The van der Waals surface area contributed by atoms with E-state index in [0.717, 1.165) is 5.56 Å². The van der Waals surface area contributed by atoms with Gasteiger partial charge in [0.15, 0.2) is 0 Å². The standard InChI is InChI=1S/C13H11Cl2N5O/c1-8(9-2-3-10(14)11(15)4-9)18-13(21)6-20-7-17-19-12(20)5-16/h2-4,7-8H,6H2,1H3,(H,18,21). The molecular formula is C13H11Cl2N5O. The van der Waals surface area contributed by atoms with Crippen LogP contribution in [-0.4, -0.2) is 20.7 Å². The van der Waals surface area contributed by atoms with E-state index >= 15 is 0 Å². The van der Waals surface area contributed by atoms with E-state index in [1.807, 2.05) is 13.0 Å². The van der Waals surface area contributed by atoms with E-state index in [1.165, 1.54) is 10.9 Å². The summed E-state index contributed by atoms with van der Waals surface area (Å²) >= 11 is 11.8. The molecule has 1 N–H and O–H groups in total. The number of carbonyl (C=O) groups excluding carboxylic acids is 1. The molecule has 1 amide bonds. The molecule has 1 unspecified atom stereocenters. The fourth-order valence-electron chi connectivity index (χ4n) is 1.76. The van der Waals surface area contributed by atoms with Crippen LogP contribution >= 0.6 is 23.2 Å². The Morgan fingerprint density at radius 1 is 1.48 bits per heavy atom. The van der Waals surface area contributed by atoms with Crippen LogP contribution in [0.1, 0.15) is 24.4 Å². The van der Waals surface area contributed by atoms with Gasteiger partial charge < -0.3 is 5.32 Å². The Morgan fingerprint density at radius 3 is 2.90 bits per heavy atom. The molecule has 1 heterocycles. The zero-order valence-corrected chi connectivity index (χ0v) is 12.6. The second-order valence-corrected chi connectivity index (χ2v) is 5.17.